The second kappa shape index (κ2) is 6.77. The van der Waals surface area contributed by atoms with Gasteiger partial charge in [-0.15, -0.1) is 0 Å². The van der Waals surface area contributed by atoms with Crippen LogP contribution in [-0.2, 0) is 4.74 Å². The van der Waals surface area contributed by atoms with E-state index in [1.54, 1.807) is 0 Å². The highest BCUT2D eigenvalue weighted by molar-refractivity contribution is 5.64. The Kier molecular flexibility index (Phi) is 5.35. The number of primary amides is 1. The number of nitrogens with one attached hydrogen (secondary N) is 2. The van der Waals surface area contributed by atoms with Gasteiger partial charge in [0.1, 0.15) is 24.1 Å². The quantitative estimate of drug-likeness (QED) is 0.674. The molecule has 0 aliphatic carbocycles. The number of hydrogen-bond acceptors (Lipinski definition) is 6. The molecule has 0 bridgehead atoms. The fourth-order valence-corrected chi connectivity index (χ4v) is 1.53. The van der Waals surface area contributed by atoms with Crippen molar-refractivity contribution in [2.45, 2.75) is 26.7 Å². The second-order valence-electron chi connectivity index (χ2n) is 4.40. The van der Waals surface area contributed by atoms with Crippen molar-refractivity contribution >= 4 is 17.7 Å². The SMILES string of the molecule is CNc1nc(C(C)C)nc(NCCOC(N)=O)c1C. The fraction of sp³-hybridized carbons (Fsp3) is 0.583. The number of aromatic nitrogens is 2. The molecule has 0 unspecified atom stereocenters. The minimum Gasteiger partial charge on any atom is -0.448 e. The maximum atomic E-state index is 10.5. The van der Waals surface area contributed by atoms with Crippen LogP contribution in [0.1, 0.15) is 31.2 Å². The van der Waals surface area contributed by atoms with Gasteiger partial charge in [-0.1, -0.05) is 13.8 Å². The monoisotopic (exact) mass is 267 g/mol. The van der Waals surface area contributed by atoms with E-state index in [0.717, 1.165) is 23.0 Å². The van der Waals surface area contributed by atoms with Crippen LogP contribution >= 0.6 is 0 Å². The number of rotatable bonds is 6. The molecule has 0 spiro atoms. The summed E-state index contributed by atoms with van der Waals surface area (Å²) in [6.07, 6.45) is -0.778. The average Bonchev–Trinajstić information content (AvgIpc) is 2.35. The van der Waals surface area contributed by atoms with Crippen molar-refractivity contribution in [3.8, 4) is 0 Å². The van der Waals surface area contributed by atoms with Crippen molar-refractivity contribution in [1.29, 1.82) is 0 Å². The zero-order valence-corrected chi connectivity index (χ0v) is 11.8. The highest BCUT2D eigenvalue weighted by Crippen LogP contribution is 2.22. The lowest BCUT2D eigenvalue weighted by atomic mass is 10.2. The maximum absolute atomic E-state index is 10.5. The third kappa shape index (κ3) is 4.27. The van der Waals surface area contributed by atoms with E-state index in [2.05, 4.69) is 25.3 Å². The largest absolute Gasteiger partial charge is 0.448 e. The Hall–Kier alpha value is -2.05. The molecule has 0 aliphatic rings. The van der Waals surface area contributed by atoms with E-state index >= 15 is 0 Å². The van der Waals surface area contributed by atoms with Crippen LogP contribution in [-0.4, -0.2) is 36.3 Å². The number of ether oxygens (including phenoxy) is 1. The molecule has 0 saturated carbocycles. The molecule has 19 heavy (non-hydrogen) atoms. The van der Waals surface area contributed by atoms with Crippen LogP contribution in [0.3, 0.4) is 0 Å². The Labute approximate surface area is 113 Å². The highest BCUT2D eigenvalue weighted by atomic mass is 16.5. The Morgan fingerprint density at radius 1 is 1.37 bits per heavy atom. The average molecular weight is 267 g/mol. The van der Waals surface area contributed by atoms with E-state index < -0.39 is 6.09 Å². The Morgan fingerprint density at radius 3 is 2.53 bits per heavy atom. The van der Waals surface area contributed by atoms with E-state index in [1.165, 1.54) is 0 Å². The van der Waals surface area contributed by atoms with Gasteiger partial charge < -0.3 is 21.1 Å². The maximum Gasteiger partial charge on any atom is 0.404 e. The molecule has 1 heterocycles. The van der Waals surface area contributed by atoms with Gasteiger partial charge in [0.15, 0.2) is 0 Å². The molecule has 106 valence electrons. The molecule has 4 N–H and O–H groups in total. The fourth-order valence-electron chi connectivity index (χ4n) is 1.53. The summed E-state index contributed by atoms with van der Waals surface area (Å²) in [6, 6.07) is 0. The first-order valence-corrected chi connectivity index (χ1v) is 6.18. The van der Waals surface area contributed by atoms with Gasteiger partial charge in [-0.2, -0.15) is 0 Å². The lowest BCUT2D eigenvalue weighted by molar-refractivity contribution is 0.161. The summed E-state index contributed by atoms with van der Waals surface area (Å²) in [5.74, 6) is 2.51. The number of carbonyl (C=O) groups is 1. The van der Waals surface area contributed by atoms with Gasteiger partial charge in [0.2, 0.25) is 0 Å². The molecule has 1 aromatic rings. The summed E-state index contributed by atoms with van der Waals surface area (Å²) in [5, 5.41) is 6.16. The predicted octanol–water partition coefficient (Wildman–Crippen LogP) is 1.46. The topological polar surface area (TPSA) is 102 Å². The lowest BCUT2D eigenvalue weighted by Crippen LogP contribution is -2.19. The molecule has 0 atom stereocenters. The van der Waals surface area contributed by atoms with Crippen LogP contribution in [0.2, 0.25) is 0 Å². The van der Waals surface area contributed by atoms with Gasteiger partial charge in [0.25, 0.3) is 0 Å². The number of amides is 1. The molecule has 1 amide bonds. The first-order chi connectivity index (χ1) is 8.95. The van der Waals surface area contributed by atoms with Crippen molar-refractivity contribution in [3.63, 3.8) is 0 Å². The molecular formula is C12H21N5O2. The normalized spacial score (nSPS) is 10.4. The predicted molar refractivity (Wildman–Crippen MR) is 74.4 cm³/mol. The zero-order valence-electron chi connectivity index (χ0n) is 11.8. The van der Waals surface area contributed by atoms with E-state index in [4.69, 9.17) is 5.73 Å². The first kappa shape index (κ1) is 15.0. The summed E-state index contributed by atoms with van der Waals surface area (Å²) >= 11 is 0. The van der Waals surface area contributed by atoms with Gasteiger partial charge in [0, 0.05) is 18.5 Å². The number of nitrogens with two attached hydrogens (primary N) is 1. The van der Waals surface area contributed by atoms with E-state index in [1.807, 2.05) is 27.8 Å². The summed E-state index contributed by atoms with van der Waals surface area (Å²) in [6.45, 7) is 6.63. The van der Waals surface area contributed by atoms with Crippen molar-refractivity contribution in [2.75, 3.05) is 30.8 Å². The number of anilines is 2. The van der Waals surface area contributed by atoms with Crippen LogP contribution in [0.15, 0.2) is 0 Å². The summed E-state index contributed by atoms with van der Waals surface area (Å²) in [7, 11) is 1.82. The van der Waals surface area contributed by atoms with E-state index in [-0.39, 0.29) is 12.5 Å². The smallest absolute Gasteiger partial charge is 0.404 e. The Balaban J connectivity index is 2.80. The van der Waals surface area contributed by atoms with Gasteiger partial charge in [-0.3, -0.25) is 0 Å². The van der Waals surface area contributed by atoms with Crippen LogP contribution in [0.5, 0.6) is 0 Å². The molecule has 0 radical (unpaired) electrons. The minimum atomic E-state index is -0.778. The van der Waals surface area contributed by atoms with Crippen LogP contribution < -0.4 is 16.4 Å². The van der Waals surface area contributed by atoms with Gasteiger partial charge in [-0.05, 0) is 6.92 Å². The van der Waals surface area contributed by atoms with E-state index in [9.17, 15) is 4.79 Å². The Morgan fingerprint density at radius 2 is 2.00 bits per heavy atom. The number of carbonyl (C=O) groups excluding carboxylic acids is 1. The summed E-state index contributed by atoms with van der Waals surface area (Å²) < 4.78 is 4.66. The van der Waals surface area contributed by atoms with Crippen molar-refractivity contribution in [3.05, 3.63) is 11.4 Å². The lowest BCUT2D eigenvalue weighted by Gasteiger charge is -2.15. The Bertz CT molecular complexity index is 448. The van der Waals surface area contributed by atoms with Crippen molar-refractivity contribution < 1.29 is 9.53 Å². The second-order valence-corrected chi connectivity index (χ2v) is 4.40. The summed E-state index contributed by atoms with van der Waals surface area (Å²) in [5.41, 5.74) is 5.81. The molecule has 1 aromatic heterocycles. The third-order valence-corrected chi connectivity index (χ3v) is 2.56. The van der Waals surface area contributed by atoms with Gasteiger partial charge in [-0.25, -0.2) is 14.8 Å². The number of hydrogen-bond donors (Lipinski definition) is 3. The summed E-state index contributed by atoms with van der Waals surface area (Å²) in [4.78, 5) is 19.4. The van der Waals surface area contributed by atoms with E-state index in [0.29, 0.717) is 6.54 Å². The van der Waals surface area contributed by atoms with Gasteiger partial charge in [0.05, 0.1) is 6.54 Å². The molecule has 0 aromatic carbocycles. The molecule has 1 rings (SSSR count). The molecular weight excluding hydrogens is 246 g/mol. The standard InChI is InChI=1S/C12H21N5O2/c1-7(2)9-16-10(14-4)8(3)11(17-9)15-5-6-19-12(13)18/h7H,5-6H2,1-4H3,(H2,13,18)(H2,14,15,16,17). The minimum absolute atomic E-state index is 0.199. The van der Waals surface area contributed by atoms with Crippen LogP contribution in [0.4, 0.5) is 16.4 Å². The van der Waals surface area contributed by atoms with Crippen LogP contribution in [0.25, 0.3) is 0 Å². The van der Waals surface area contributed by atoms with Crippen molar-refractivity contribution in [1.82, 2.24) is 9.97 Å². The van der Waals surface area contributed by atoms with Gasteiger partial charge >= 0.3 is 6.09 Å². The zero-order chi connectivity index (χ0) is 14.4. The number of nitrogens with zero attached hydrogens (tertiary/aromatic N) is 2. The van der Waals surface area contributed by atoms with Crippen molar-refractivity contribution in [2.24, 2.45) is 5.73 Å². The highest BCUT2D eigenvalue weighted by Gasteiger charge is 2.12. The third-order valence-electron chi connectivity index (χ3n) is 2.56. The molecule has 7 heteroatoms. The molecule has 0 fully saturated rings. The molecule has 7 nitrogen and oxygen atoms in total. The van der Waals surface area contributed by atoms with Crippen LogP contribution in [0, 0.1) is 6.92 Å². The first-order valence-electron chi connectivity index (χ1n) is 6.18. The molecule has 0 aliphatic heterocycles. The molecule has 0 saturated heterocycles.